The Morgan fingerprint density at radius 1 is 1.26 bits per heavy atom. The van der Waals surface area contributed by atoms with E-state index in [2.05, 4.69) is 0 Å². The highest BCUT2D eigenvalue weighted by Gasteiger charge is 2.42. The van der Waals surface area contributed by atoms with Crippen LogP contribution in [0, 0.1) is 0 Å². The van der Waals surface area contributed by atoms with Crippen molar-refractivity contribution in [2.75, 3.05) is 6.54 Å². The Morgan fingerprint density at radius 3 is 2.53 bits per heavy atom. The molecule has 102 valence electrons. The molecular weight excluding hydrogens is 250 g/mol. The lowest BCUT2D eigenvalue weighted by molar-refractivity contribution is -0.146. The Kier molecular flexibility index (Phi) is 4.01. The van der Waals surface area contributed by atoms with E-state index < -0.39 is 24.2 Å². The van der Waals surface area contributed by atoms with E-state index in [-0.39, 0.29) is 13.2 Å². The molecule has 1 amide bonds. The van der Waals surface area contributed by atoms with Gasteiger partial charge in [-0.3, -0.25) is 4.90 Å². The molecule has 1 aliphatic heterocycles. The minimum atomic E-state index is -1.22. The van der Waals surface area contributed by atoms with Crippen LogP contribution in [0.3, 0.4) is 0 Å². The summed E-state index contributed by atoms with van der Waals surface area (Å²) in [5, 5.41) is 18.1. The van der Waals surface area contributed by atoms with Crippen molar-refractivity contribution in [3.63, 3.8) is 0 Å². The average Bonchev–Trinajstić information content (AvgIpc) is 2.81. The fraction of sp³-hybridized carbons (Fsp3) is 0.385. The van der Waals surface area contributed by atoms with E-state index in [1.165, 1.54) is 0 Å². The Hall–Kier alpha value is -2.08. The van der Waals surface area contributed by atoms with Gasteiger partial charge in [-0.15, -0.1) is 0 Å². The average molecular weight is 265 g/mol. The Bertz CT molecular complexity index is 461. The summed E-state index contributed by atoms with van der Waals surface area (Å²) in [5.74, 6) is -1.17. The second-order valence-electron chi connectivity index (χ2n) is 4.38. The Morgan fingerprint density at radius 2 is 1.95 bits per heavy atom. The van der Waals surface area contributed by atoms with Crippen LogP contribution in [0.2, 0.25) is 0 Å². The molecular formula is C13H15NO5. The first-order valence-corrected chi connectivity index (χ1v) is 5.97. The van der Waals surface area contributed by atoms with Gasteiger partial charge in [-0.1, -0.05) is 30.3 Å². The van der Waals surface area contributed by atoms with Crippen LogP contribution in [0.15, 0.2) is 30.3 Å². The zero-order valence-corrected chi connectivity index (χ0v) is 10.2. The normalized spacial score (nSPS) is 22.4. The van der Waals surface area contributed by atoms with Gasteiger partial charge >= 0.3 is 12.1 Å². The van der Waals surface area contributed by atoms with Gasteiger partial charge in [-0.25, -0.2) is 9.59 Å². The van der Waals surface area contributed by atoms with E-state index in [4.69, 9.17) is 14.9 Å². The number of likely N-dealkylation sites (tertiary alicyclic amines) is 1. The number of hydrogen-bond acceptors (Lipinski definition) is 3. The number of carboxylic acids is 1. The van der Waals surface area contributed by atoms with Gasteiger partial charge in [0.2, 0.25) is 0 Å². The summed E-state index contributed by atoms with van der Waals surface area (Å²) in [6, 6.07) is 8.24. The summed E-state index contributed by atoms with van der Waals surface area (Å²) in [6.07, 6.45) is -1.43. The lowest BCUT2D eigenvalue weighted by Gasteiger charge is -2.22. The van der Waals surface area contributed by atoms with Gasteiger partial charge < -0.3 is 14.9 Å². The maximum Gasteiger partial charge on any atom is 0.408 e. The van der Waals surface area contributed by atoms with E-state index in [1.807, 2.05) is 30.3 Å². The maximum absolute atomic E-state index is 11.2. The fourth-order valence-corrected chi connectivity index (χ4v) is 2.22. The van der Waals surface area contributed by atoms with Gasteiger partial charge in [0.1, 0.15) is 0 Å². The summed E-state index contributed by atoms with van der Waals surface area (Å²) < 4.78 is 5.56. The van der Waals surface area contributed by atoms with Crippen molar-refractivity contribution in [1.29, 1.82) is 0 Å². The smallest absolute Gasteiger partial charge is 0.408 e. The molecule has 6 heteroatoms. The molecule has 0 spiro atoms. The molecule has 6 nitrogen and oxygen atoms in total. The number of carbonyl (C=O) groups is 2. The molecule has 2 rings (SSSR count). The highest BCUT2D eigenvalue weighted by Crippen LogP contribution is 2.22. The lowest BCUT2D eigenvalue weighted by atomic mass is 10.1. The molecule has 19 heavy (non-hydrogen) atoms. The quantitative estimate of drug-likeness (QED) is 0.859. The molecule has 0 aliphatic carbocycles. The molecule has 0 radical (unpaired) electrons. The summed E-state index contributed by atoms with van der Waals surface area (Å²) in [7, 11) is 0. The summed E-state index contributed by atoms with van der Waals surface area (Å²) in [4.78, 5) is 23.0. The van der Waals surface area contributed by atoms with Crippen LogP contribution in [0.4, 0.5) is 4.79 Å². The van der Waals surface area contributed by atoms with Crippen molar-refractivity contribution in [1.82, 2.24) is 4.90 Å². The molecule has 2 unspecified atom stereocenters. The third-order valence-electron chi connectivity index (χ3n) is 3.15. The Balaban J connectivity index is 2.00. The molecule has 0 bridgehead atoms. The Labute approximate surface area is 110 Å². The standard InChI is InChI=1S/C13H15NO5/c15-12(16)11-10(6-7-14(11)13(17)18)19-8-9-4-2-1-3-5-9/h1-5,10-11H,6-8H2,(H,15,16)(H,17,18). The number of benzene rings is 1. The zero-order chi connectivity index (χ0) is 13.8. The second kappa shape index (κ2) is 5.71. The first kappa shape index (κ1) is 13.4. The highest BCUT2D eigenvalue weighted by molar-refractivity contribution is 5.80. The number of nitrogens with zero attached hydrogens (tertiary/aromatic N) is 1. The van der Waals surface area contributed by atoms with E-state index in [0.29, 0.717) is 6.42 Å². The van der Waals surface area contributed by atoms with Crippen LogP contribution in [-0.4, -0.2) is 45.9 Å². The van der Waals surface area contributed by atoms with Gasteiger partial charge in [0.25, 0.3) is 0 Å². The largest absolute Gasteiger partial charge is 0.480 e. The predicted molar refractivity (Wildman–Crippen MR) is 65.8 cm³/mol. The van der Waals surface area contributed by atoms with Gasteiger partial charge in [0.05, 0.1) is 12.7 Å². The minimum Gasteiger partial charge on any atom is -0.480 e. The van der Waals surface area contributed by atoms with E-state index in [0.717, 1.165) is 10.5 Å². The van der Waals surface area contributed by atoms with Crippen LogP contribution < -0.4 is 0 Å². The molecule has 1 fully saturated rings. The molecule has 1 aliphatic rings. The monoisotopic (exact) mass is 265 g/mol. The summed E-state index contributed by atoms with van der Waals surface area (Å²) >= 11 is 0. The fourth-order valence-electron chi connectivity index (χ4n) is 2.22. The summed E-state index contributed by atoms with van der Waals surface area (Å²) in [6.45, 7) is 0.467. The lowest BCUT2D eigenvalue weighted by Crippen LogP contribution is -2.45. The van der Waals surface area contributed by atoms with E-state index in [1.54, 1.807) is 0 Å². The first-order valence-electron chi connectivity index (χ1n) is 5.97. The SMILES string of the molecule is O=C(O)C1C(OCc2ccccc2)CCN1C(=O)O. The number of amides is 1. The van der Waals surface area contributed by atoms with Gasteiger partial charge in [-0.05, 0) is 12.0 Å². The molecule has 1 aromatic rings. The number of aliphatic carboxylic acids is 1. The van der Waals surface area contributed by atoms with Gasteiger partial charge in [-0.2, -0.15) is 0 Å². The van der Waals surface area contributed by atoms with Crippen molar-refractivity contribution in [2.45, 2.75) is 25.2 Å². The molecule has 0 saturated carbocycles. The van der Waals surface area contributed by atoms with Crippen LogP contribution in [-0.2, 0) is 16.1 Å². The minimum absolute atomic E-state index is 0.186. The first-order chi connectivity index (χ1) is 9.09. The number of ether oxygens (including phenoxy) is 1. The van der Waals surface area contributed by atoms with Gasteiger partial charge in [0, 0.05) is 6.54 Å². The van der Waals surface area contributed by atoms with Crippen molar-refractivity contribution >= 4 is 12.1 Å². The van der Waals surface area contributed by atoms with Crippen LogP contribution in [0.5, 0.6) is 0 Å². The third-order valence-corrected chi connectivity index (χ3v) is 3.15. The maximum atomic E-state index is 11.2. The second-order valence-corrected chi connectivity index (χ2v) is 4.38. The molecule has 2 N–H and O–H groups in total. The van der Waals surface area contributed by atoms with Crippen molar-refractivity contribution in [3.8, 4) is 0 Å². The molecule has 0 aromatic heterocycles. The number of carboxylic acid groups (broad SMARTS) is 2. The number of hydrogen-bond donors (Lipinski definition) is 2. The van der Waals surface area contributed by atoms with Crippen molar-refractivity contribution in [2.24, 2.45) is 0 Å². The van der Waals surface area contributed by atoms with Crippen LogP contribution in [0.25, 0.3) is 0 Å². The van der Waals surface area contributed by atoms with Crippen LogP contribution in [0.1, 0.15) is 12.0 Å². The number of rotatable bonds is 4. The summed E-state index contributed by atoms with van der Waals surface area (Å²) in [5.41, 5.74) is 0.931. The van der Waals surface area contributed by atoms with E-state index >= 15 is 0 Å². The van der Waals surface area contributed by atoms with E-state index in [9.17, 15) is 9.59 Å². The topological polar surface area (TPSA) is 87.1 Å². The zero-order valence-electron chi connectivity index (χ0n) is 10.2. The third kappa shape index (κ3) is 3.03. The van der Waals surface area contributed by atoms with Crippen molar-refractivity contribution in [3.05, 3.63) is 35.9 Å². The molecule has 1 heterocycles. The highest BCUT2D eigenvalue weighted by atomic mass is 16.5. The van der Waals surface area contributed by atoms with Crippen LogP contribution >= 0.6 is 0 Å². The predicted octanol–water partition coefficient (Wildman–Crippen LogP) is 1.41. The molecule has 1 aromatic carbocycles. The van der Waals surface area contributed by atoms with Crippen molar-refractivity contribution < 1.29 is 24.5 Å². The molecule has 1 saturated heterocycles. The molecule has 2 atom stereocenters. The van der Waals surface area contributed by atoms with Gasteiger partial charge in [0.15, 0.2) is 6.04 Å².